The molecule has 3 heteroatoms. The van der Waals surface area contributed by atoms with E-state index in [0.717, 1.165) is 17.7 Å². The van der Waals surface area contributed by atoms with Gasteiger partial charge in [-0.1, -0.05) is 12.6 Å². The molecule has 0 bridgehead atoms. The molecule has 0 radical (unpaired) electrons. The minimum absolute atomic E-state index is 0.174. The summed E-state index contributed by atoms with van der Waals surface area (Å²) >= 11 is 1.84. The van der Waals surface area contributed by atoms with Gasteiger partial charge in [-0.15, -0.1) is 11.8 Å². The van der Waals surface area contributed by atoms with E-state index in [1.807, 2.05) is 30.0 Å². The zero-order chi connectivity index (χ0) is 10.8. The van der Waals surface area contributed by atoms with Crippen molar-refractivity contribution in [1.29, 1.82) is 0 Å². The van der Waals surface area contributed by atoms with E-state index >= 15 is 0 Å². The smallest absolute Gasteiger partial charge is 0.335 e. The molecule has 0 fully saturated rings. The van der Waals surface area contributed by atoms with Crippen LogP contribution in [-0.4, -0.2) is 16.8 Å². The molecule has 0 spiro atoms. The Morgan fingerprint density at radius 1 is 1.47 bits per heavy atom. The Bertz CT molecular complexity index is 424. The molecule has 0 unspecified atom stereocenters. The fourth-order valence-corrected chi connectivity index (χ4v) is 2.69. The average Bonchev–Trinajstić information content (AvgIpc) is 2.27. The molecule has 2 nitrogen and oxygen atoms in total. The van der Waals surface area contributed by atoms with Crippen LogP contribution in [0.5, 0.6) is 0 Å². The SMILES string of the molecule is C=C(C(=O)O)c1ccc2c(c1)CCCS2. The largest absolute Gasteiger partial charge is 0.478 e. The number of hydrogen-bond acceptors (Lipinski definition) is 2. The van der Waals surface area contributed by atoms with Crippen LogP contribution >= 0.6 is 11.8 Å². The highest BCUT2D eigenvalue weighted by molar-refractivity contribution is 7.99. The summed E-state index contributed by atoms with van der Waals surface area (Å²) < 4.78 is 0. The van der Waals surface area contributed by atoms with Gasteiger partial charge in [0.05, 0.1) is 5.57 Å². The van der Waals surface area contributed by atoms with Gasteiger partial charge < -0.3 is 5.11 Å². The number of rotatable bonds is 2. The standard InChI is InChI=1S/C12H12O2S/c1-8(12(13)14)9-4-5-11-10(7-9)3-2-6-15-11/h4-5,7H,1-3,6H2,(H,13,14). The molecule has 1 aromatic carbocycles. The second-order valence-electron chi connectivity index (χ2n) is 3.56. The Morgan fingerprint density at radius 3 is 3.00 bits per heavy atom. The lowest BCUT2D eigenvalue weighted by atomic mass is 10.0. The van der Waals surface area contributed by atoms with Crippen LogP contribution in [0.4, 0.5) is 0 Å². The van der Waals surface area contributed by atoms with Crippen LogP contribution in [0.25, 0.3) is 5.57 Å². The maximum Gasteiger partial charge on any atom is 0.335 e. The number of carboxylic acid groups (broad SMARTS) is 1. The van der Waals surface area contributed by atoms with Gasteiger partial charge in [-0.25, -0.2) is 4.79 Å². The fourth-order valence-electron chi connectivity index (χ4n) is 1.67. The Morgan fingerprint density at radius 2 is 2.27 bits per heavy atom. The molecule has 1 heterocycles. The minimum atomic E-state index is -0.946. The lowest BCUT2D eigenvalue weighted by molar-refractivity contribution is -0.130. The van der Waals surface area contributed by atoms with E-state index in [9.17, 15) is 4.79 Å². The van der Waals surface area contributed by atoms with Crippen LogP contribution in [0, 0.1) is 0 Å². The van der Waals surface area contributed by atoms with Crippen molar-refractivity contribution in [2.45, 2.75) is 17.7 Å². The maximum atomic E-state index is 10.8. The van der Waals surface area contributed by atoms with Gasteiger partial charge in [-0.3, -0.25) is 0 Å². The van der Waals surface area contributed by atoms with Crippen LogP contribution in [0.15, 0.2) is 29.7 Å². The third kappa shape index (κ3) is 2.07. The quantitative estimate of drug-likeness (QED) is 0.779. The summed E-state index contributed by atoms with van der Waals surface area (Å²) in [5.41, 5.74) is 2.16. The number of carbonyl (C=O) groups is 1. The average molecular weight is 220 g/mol. The molecule has 0 saturated carbocycles. The Balaban J connectivity index is 2.36. The molecule has 0 aromatic heterocycles. The summed E-state index contributed by atoms with van der Waals surface area (Å²) in [6.07, 6.45) is 2.21. The highest BCUT2D eigenvalue weighted by Gasteiger charge is 2.13. The fraction of sp³-hybridized carbons (Fsp3) is 0.250. The second-order valence-corrected chi connectivity index (χ2v) is 4.69. The van der Waals surface area contributed by atoms with Crippen molar-refractivity contribution in [2.75, 3.05) is 5.75 Å². The maximum absolute atomic E-state index is 10.8. The van der Waals surface area contributed by atoms with Gasteiger partial charge in [0.25, 0.3) is 0 Å². The van der Waals surface area contributed by atoms with E-state index in [1.165, 1.54) is 16.9 Å². The van der Waals surface area contributed by atoms with Crippen molar-refractivity contribution in [3.05, 3.63) is 35.9 Å². The number of carboxylic acids is 1. The first kappa shape index (κ1) is 10.3. The van der Waals surface area contributed by atoms with E-state index < -0.39 is 5.97 Å². The van der Waals surface area contributed by atoms with Gasteiger partial charge in [0.1, 0.15) is 0 Å². The van der Waals surface area contributed by atoms with Crippen molar-refractivity contribution in [2.24, 2.45) is 0 Å². The second kappa shape index (κ2) is 4.11. The summed E-state index contributed by atoms with van der Waals surface area (Å²) in [6.45, 7) is 3.57. The predicted molar refractivity (Wildman–Crippen MR) is 62.2 cm³/mol. The Kier molecular flexibility index (Phi) is 2.82. The van der Waals surface area contributed by atoms with E-state index in [1.54, 1.807) is 0 Å². The minimum Gasteiger partial charge on any atom is -0.478 e. The van der Waals surface area contributed by atoms with Gasteiger partial charge in [-0.05, 0) is 41.9 Å². The van der Waals surface area contributed by atoms with Crippen LogP contribution in [0.3, 0.4) is 0 Å². The van der Waals surface area contributed by atoms with E-state index in [4.69, 9.17) is 5.11 Å². The number of fused-ring (bicyclic) bond motifs is 1. The van der Waals surface area contributed by atoms with Crippen LogP contribution in [0.2, 0.25) is 0 Å². The molecule has 1 aliphatic rings. The van der Waals surface area contributed by atoms with Crippen molar-refractivity contribution in [3.63, 3.8) is 0 Å². The highest BCUT2D eigenvalue weighted by atomic mass is 32.2. The van der Waals surface area contributed by atoms with E-state index in [0.29, 0.717) is 0 Å². The van der Waals surface area contributed by atoms with Crippen molar-refractivity contribution < 1.29 is 9.90 Å². The number of thioether (sulfide) groups is 1. The molecule has 0 aliphatic carbocycles. The molecular formula is C12H12O2S. The molecule has 0 atom stereocenters. The first-order chi connectivity index (χ1) is 7.18. The molecule has 0 saturated heterocycles. The van der Waals surface area contributed by atoms with E-state index in [2.05, 4.69) is 6.58 Å². The van der Waals surface area contributed by atoms with Gasteiger partial charge in [-0.2, -0.15) is 0 Å². The summed E-state index contributed by atoms with van der Waals surface area (Å²) in [5, 5.41) is 8.83. The molecule has 2 rings (SSSR count). The number of hydrogen-bond donors (Lipinski definition) is 1. The monoisotopic (exact) mass is 220 g/mol. The first-order valence-electron chi connectivity index (χ1n) is 4.87. The van der Waals surface area contributed by atoms with Crippen molar-refractivity contribution in [3.8, 4) is 0 Å². The molecule has 78 valence electrons. The number of aryl methyl sites for hydroxylation is 1. The lowest BCUT2D eigenvalue weighted by Crippen LogP contribution is -2.02. The zero-order valence-corrected chi connectivity index (χ0v) is 9.14. The van der Waals surface area contributed by atoms with Crippen LogP contribution in [0.1, 0.15) is 17.5 Å². The molecule has 1 N–H and O–H groups in total. The van der Waals surface area contributed by atoms with Gasteiger partial charge in [0.2, 0.25) is 0 Å². The zero-order valence-electron chi connectivity index (χ0n) is 8.32. The molecule has 0 amide bonds. The molecular weight excluding hydrogens is 208 g/mol. The van der Waals surface area contributed by atoms with Crippen molar-refractivity contribution in [1.82, 2.24) is 0 Å². The summed E-state index contributed by atoms with van der Waals surface area (Å²) in [6, 6.07) is 5.80. The topological polar surface area (TPSA) is 37.3 Å². The normalized spacial score (nSPS) is 14.4. The van der Waals surface area contributed by atoms with Crippen LogP contribution < -0.4 is 0 Å². The Labute approximate surface area is 93.0 Å². The number of aliphatic carboxylic acids is 1. The third-order valence-corrected chi connectivity index (χ3v) is 3.72. The molecule has 1 aromatic rings. The summed E-state index contributed by atoms with van der Waals surface area (Å²) in [4.78, 5) is 12.0. The summed E-state index contributed by atoms with van der Waals surface area (Å²) in [7, 11) is 0. The van der Waals surface area contributed by atoms with Gasteiger partial charge >= 0.3 is 5.97 Å². The van der Waals surface area contributed by atoms with Gasteiger partial charge in [0, 0.05) is 4.90 Å². The molecule has 15 heavy (non-hydrogen) atoms. The first-order valence-corrected chi connectivity index (χ1v) is 5.85. The lowest BCUT2D eigenvalue weighted by Gasteiger charge is -2.15. The third-order valence-electron chi connectivity index (χ3n) is 2.52. The number of benzene rings is 1. The molecule has 1 aliphatic heterocycles. The van der Waals surface area contributed by atoms with Crippen molar-refractivity contribution >= 4 is 23.3 Å². The van der Waals surface area contributed by atoms with Crippen LogP contribution in [-0.2, 0) is 11.2 Å². The highest BCUT2D eigenvalue weighted by Crippen LogP contribution is 2.31. The summed E-state index contributed by atoms with van der Waals surface area (Å²) in [5.74, 6) is 0.213. The predicted octanol–water partition coefficient (Wildman–Crippen LogP) is 2.82. The van der Waals surface area contributed by atoms with Gasteiger partial charge in [0.15, 0.2) is 0 Å². The van der Waals surface area contributed by atoms with E-state index in [-0.39, 0.29) is 5.57 Å². The Hall–Kier alpha value is -1.22.